The molecular formula is C10H10Cl2N2. The highest BCUT2D eigenvalue weighted by molar-refractivity contribution is 6.36. The number of nitrogens with one attached hydrogen (secondary N) is 1. The second kappa shape index (κ2) is 3.79. The van der Waals surface area contributed by atoms with Crippen molar-refractivity contribution in [3.63, 3.8) is 0 Å². The third-order valence-electron chi connectivity index (χ3n) is 2.32. The van der Waals surface area contributed by atoms with Crippen molar-refractivity contribution >= 4 is 34.7 Å². The Morgan fingerprint density at radius 3 is 2.64 bits per heavy atom. The predicted octanol–water partition coefficient (Wildman–Crippen LogP) is 3.57. The molecule has 0 spiro atoms. The van der Waals surface area contributed by atoms with Gasteiger partial charge in [-0.3, -0.25) is 5.41 Å². The lowest BCUT2D eigenvalue weighted by Crippen LogP contribution is -2.23. The fraction of sp³-hybridized carbons (Fsp3) is 0.300. The van der Waals surface area contributed by atoms with Gasteiger partial charge in [-0.15, -0.1) is 0 Å². The molecule has 0 amide bonds. The van der Waals surface area contributed by atoms with Crippen LogP contribution in [0.25, 0.3) is 0 Å². The first kappa shape index (κ1) is 9.81. The highest BCUT2D eigenvalue weighted by atomic mass is 35.5. The van der Waals surface area contributed by atoms with Gasteiger partial charge < -0.3 is 4.90 Å². The number of hydrogen-bond donors (Lipinski definition) is 1. The lowest BCUT2D eigenvalue weighted by atomic mass is 10.3. The second-order valence-corrected chi connectivity index (χ2v) is 4.14. The average molecular weight is 229 g/mol. The molecular weight excluding hydrogens is 219 g/mol. The number of nitrogens with zero attached hydrogens (tertiary/aromatic N) is 1. The number of rotatable bonds is 1. The molecule has 0 saturated carbocycles. The topological polar surface area (TPSA) is 27.1 Å². The summed E-state index contributed by atoms with van der Waals surface area (Å²) in [7, 11) is 0. The van der Waals surface area contributed by atoms with Gasteiger partial charge in [0.2, 0.25) is 0 Å². The van der Waals surface area contributed by atoms with Gasteiger partial charge in [-0.05, 0) is 24.6 Å². The van der Waals surface area contributed by atoms with Crippen LogP contribution in [0.4, 0.5) is 5.69 Å². The first-order valence-corrected chi connectivity index (χ1v) is 5.24. The molecule has 1 aliphatic heterocycles. The zero-order chi connectivity index (χ0) is 10.1. The molecule has 0 radical (unpaired) electrons. The van der Waals surface area contributed by atoms with Crippen molar-refractivity contribution in [2.75, 3.05) is 11.4 Å². The molecule has 2 rings (SSSR count). The number of amidine groups is 1. The predicted molar refractivity (Wildman–Crippen MR) is 60.8 cm³/mol. The molecule has 1 heterocycles. The molecule has 1 aromatic carbocycles. The fourth-order valence-corrected chi connectivity index (χ4v) is 2.15. The van der Waals surface area contributed by atoms with Gasteiger partial charge >= 0.3 is 0 Å². The Hall–Kier alpha value is -0.730. The Morgan fingerprint density at radius 2 is 2.07 bits per heavy atom. The zero-order valence-electron chi connectivity index (χ0n) is 7.56. The molecule has 0 unspecified atom stereocenters. The van der Waals surface area contributed by atoms with Crippen molar-refractivity contribution in [2.24, 2.45) is 0 Å². The van der Waals surface area contributed by atoms with Crippen molar-refractivity contribution in [1.82, 2.24) is 0 Å². The number of halogens is 2. The Kier molecular flexibility index (Phi) is 2.66. The Balaban J connectivity index is 2.36. The number of anilines is 1. The summed E-state index contributed by atoms with van der Waals surface area (Å²) in [5, 5.41) is 8.97. The quantitative estimate of drug-likeness (QED) is 0.782. The van der Waals surface area contributed by atoms with E-state index in [9.17, 15) is 0 Å². The molecule has 2 nitrogen and oxygen atoms in total. The van der Waals surface area contributed by atoms with Crippen LogP contribution in [0.5, 0.6) is 0 Å². The first-order chi connectivity index (χ1) is 6.68. The summed E-state index contributed by atoms with van der Waals surface area (Å²) in [4.78, 5) is 1.93. The highest BCUT2D eigenvalue weighted by Gasteiger charge is 2.20. The van der Waals surface area contributed by atoms with E-state index in [2.05, 4.69) is 0 Å². The largest absolute Gasteiger partial charge is 0.329 e. The van der Waals surface area contributed by atoms with Gasteiger partial charge in [-0.25, -0.2) is 0 Å². The van der Waals surface area contributed by atoms with Crippen molar-refractivity contribution in [3.8, 4) is 0 Å². The molecule has 1 aromatic rings. The van der Waals surface area contributed by atoms with Crippen LogP contribution in [0.3, 0.4) is 0 Å². The molecule has 1 N–H and O–H groups in total. The third kappa shape index (κ3) is 1.72. The van der Waals surface area contributed by atoms with Crippen molar-refractivity contribution in [1.29, 1.82) is 5.41 Å². The van der Waals surface area contributed by atoms with Gasteiger partial charge in [0, 0.05) is 18.0 Å². The maximum atomic E-state index is 7.73. The Morgan fingerprint density at radius 1 is 1.29 bits per heavy atom. The monoisotopic (exact) mass is 228 g/mol. The van der Waals surface area contributed by atoms with Crippen molar-refractivity contribution < 1.29 is 0 Å². The van der Waals surface area contributed by atoms with E-state index < -0.39 is 0 Å². The summed E-state index contributed by atoms with van der Waals surface area (Å²) in [5.74, 6) is 0.634. The lowest BCUT2D eigenvalue weighted by molar-refractivity contribution is 0.956. The maximum absolute atomic E-state index is 7.73. The molecule has 4 heteroatoms. The SMILES string of the molecule is N=C1CCCN1c1ccc(Cl)cc1Cl. The minimum absolute atomic E-state index is 0.615. The maximum Gasteiger partial charge on any atom is 0.100 e. The standard InChI is InChI=1S/C10H10Cl2N2/c11-7-3-4-9(8(12)6-7)14-5-1-2-10(14)13/h3-4,6,13H,1-2,5H2. The number of hydrogen-bond acceptors (Lipinski definition) is 1. The van der Waals surface area contributed by atoms with E-state index >= 15 is 0 Å². The summed E-state index contributed by atoms with van der Waals surface area (Å²) in [6.07, 6.45) is 1.86. The Bertz CT molecular complexity index is 376. The molecule has 0 aliphatic carbocycles. The van der Waals surface area contributed by atoms with E-state index in [0.29, 0.717) is 15.9 Å². The lowest BCUT2D eigenvalue weighted by Gasteiger charge is -2.19. The van der Waals surface area contributed by atoms with Crippen LogP contribution >= 0.6 is 23.2 Å². The van der Waals surface area contributed by atoms with E-state index in [1.165, 1.54) is 0 Å². The average Bonchev–Trinajstić information content (AvgIpc) is 2.52. The molecule has 0 atom stereocenters. The van der Waals surface area contributed by atoms with Crippen LogP contribution in [-0.4, -0.2) is 12.4 Å². The van der Waals surface area contributed by atoms with Gasteiger partial charge in [-0.1, -0.05) is 23.2 Å². The molecule has 0 aromatic heterocycles. The van der Waals surface area contributed by atoms with Crippen LogP contribution in [0.1, 0.15) is 12.8 Å². The van der Waals surface area contributed by atoms with Gasteiger partial charge in [0.25, 0.3) is 0 Å². The molecule has 1 aliphatic rings. The minimum Gasteiger partial charge on any atom is -0.329 e. The second-order valence-electron chi connectivity index (χ2n) is 3.30. The van der Waals surface area contributed by atoms with Gasteiger partial charge in [0.1, 0.15) is 5.84 Å². The highest BCUT2D eigenvalue weighted by Crippen LogP contribution is 2.31. The summed E-state index contributed by atoms with van der Waals surface area (Å²) >= 11 is 11.9. The molecule has 0 bridgehead atoms. The summed E-state index contributed by atoms with van der Waals surface area (Å²) in [6, 6.07) is 5.38. The molecule has 74 valence electrons. The van der Waals surface area contributed by atoms with E-state index in [1.54, 1.807) is 12.1 Å². The van der Waals surface area contributed by atoms with Crippen LogP contribution in [0.2, 0.25) is 10.0 Å². The zero-order valence-corrected chi connectivity index (χ0v) is 9.07. The van der Waals surface area contributed by atoms with Crippen LogP contribution < -0.4 is 4.90 Å². The van der Waals surface area contributed by atoms with Crippen LogP contribution in [-0.2, 0) is 0 Å². The normalized spacial score (nSPS) is 16.4. The van der Waals surface area contributed by atoms with Crippen molar-refractivity contribution in [2.45, 2.75) is 12.8 Å². The summed E-state index contributed by atoms with van der Waals surface area (Å²) in [6.45, 7) is 0.875. The first-order valence-electron chi connectivity index (χ1n) is 4.48. The van der Waals surface area contributed by atoms with E-state index in [4.69, 9.17) is 28.6 Å². The van der Waals surface area contributed by atoms with Gasteiger partial charge in [-0.2, -0.15) is 0 Å². The van der Waals surface area contributed by atoms with E-state index in [-0.39, 0.29) is 0 Å². The minimum atomic E-state index is 0.615. The molecule has 14 heavy (non-hydrogen) atoms. The fourth-order valence-electron chi connectivity index (χ4n) is 1.64. The third-order valence-corrected chi connectivity index (χ3v) is 2.86. The van der Waals surface area contributed by atoms with Gasteiger partial charge in [0.15, 0.2) is 0 Å². The van der Waals surface area contributed by atoms with E-state index in [1.807, 2.05) is 11.0 Å². The van der Waals surface area contributed by atoms with Gasteiger partial charge in [0.05, 0.1) is 10.7 Å². The molecule has 1 saturated heterocycles. The Labute approximate surface area is 92.9 Å². The molecule has 1 fully saturated rings. The van der Waals surface area contributed by atoms with Crippen LogP contribution in [0, 0.1) is 5.41 Å². The smallest absolute Gasteiger partial charge is 0.100 e. The van der Waals surface area contributed by atoms with E-state index in [0.717, 1.165) is 25.1 Å². The summed E-state index contributed by atoms with van der Waals surface area (Å²) in [5.41, 5.74) is 0.888. The van der Waals surface area contributed by atoms with Crippen molar-refractivity contribution in [3.05, 3.63) is 28.2 Å². The van der Waals surface area contributed by atoms with Crippen LogP contribution in [0.15, 0.2) is 18.2 Å². The number of benzene rings is 1. The summed E-state index contributed by atoms with van der Waals surface area (Å²) < 4.78 is 0.